The second-order valence-electron chi connectivity index (χ2n) is 5.91. The predicted octanol–water partition coefficient (Wildman–Crippen LogP) is 5.08. The Labute approximate surface area is 111 Å². The van der Waals surface area contributed by atoms with Gasteiger partial charge in [-0.25, -0.2) is 0 Å². The van der Waals surface area contributed by atoms with Crippen molar-refractivity contribution in [2.75, 3.05) is 5.32 Å². The van der Waals surface area contributed by atoms with Crippen LogP contribution in [-0.4, -0.2) is 5.54 Å². The lowest BCUT2D eigenvalue weighted by molar-refractivity contribution is 0.321. The van der Waals surface area contributed by atoms with Gasteiger partial charge in [-0.05, 0) is 44.7 Å². The molecule has 0 radical (unpaired) electrons. The molecule has 0 unspecified atom stereocenters. The maximum Gasteiger partial charge on any atom is 0.0410 e. The van der Waals surface area contributed by atoms with Crippen LogP contribution in [0.1, 0.15) is 51.0 Å². The molecule has 98 valence electrons. The summed E-state index contributed by atoms with van der Waals surface area (Å²) in [5, 5.41) is 3.83. The molecule has 1 aromatic rings. The highest BCUT2D eigenvalue weighted by Gasteiger charge is 2.31. The number of anilines is 1. The fourth-order valence-corrected chi connectivity index (χ4v) is 3.15. The van der Waals surface area contributed by atoms with Gasteiger partial charge in [0.25, 0.3) is 0 Å². The molecule has 0 saturated heterocycles. The van der Waals surface area contributed by atoms with Crippen LogP contribution in [0, 0.1) is 6.92 Å². The molecule has 1 aliphatic rings. The molecule has 18 heavy (non-hydrogen) atoms. The van der Waals surface area contributed by atoms with E-state index in [9.17, 15) is 0 Å². The third kappa shape index (κ3) is 3.16. The number of hydrogen-bond acceptors (Lipinski definition) is 1. The minimum Gasteiger partial charge on any atom is -0.379 e. The number of hydrogen-bond donors (Lipinski definition) is 1. The minimum absolute atomic E-state index is 0.246. The van der Waals surface area contributed by atoms with Crippen LogP contribution < -0.4 is 5.32 Å². The number of rotatable bonds is 4. The zero-order valence-electron chi connectivity index (χ0n) is 11.8. The Hall–Kier alpha value is -1.24. The molecule has 0 bridgehead atoms. The molecule has 0 heterocycles. The highest BCUT2D eigenvalue weighted by molar-refractivity contribution is 5.52. The molecule has 0 amide bonds. The molecule has 1 nitrogen and oxygen atoms in total. The fraction of sp³-hybridized carbons (Fsp3) is 0.529. The molecule has 1 fully saturated rings. The zero-order valence-corrected chi connectivity index (χ0v) is 11.8. The van der Waals surface area contributed by atoms with Gasteiger partial charge >= 0.3 is 0 Å². The van der Waals surface area contributed by atoms with Crippen molar-refractivity contribution in [2.24, 2.45) is 0 Å². The van der Waals surface area contributed by atoms with Crippen LogP contribution in [0.25, 0.3) is 0 Å². The van der Waals surface area contributed by atoms with Crippen molar-refractivity contribution in [3.63, 3.8) is 0 Å². The first-order valence-corrected chi connectivity index (χ1v) is 7.10. The summed E-state index contributed by atoms with van der Waals surface area (Å²) >= 11 is 0. The molecule has 2 rings (SSSR count). The van der Waals surface area contributed by atoms with Gasteiger partial charge in [0.15, 0.2) is 0 Å². The summed E-state index contributed by atoms with van der Waals surface area (Å²) in [6, 6.07) is 8.60. The van der Waals surface area contributed by atoms with Crippen molar-refractivity contribution in [3.8, 4) is 0 Å². The number of aryl methyl sites for hydroxylation is 1. The molecule has 1 aromatic carbocycles. The lowest BCUT2D eigenvalue weighted by Gasteiger charge is -2.40. The van der Waals surface area contributed by atoms with Gasteiger partial charge in [-0.15, -0.1) is 6.58 Å². The molecule has 0 spiro atoms. The van der Waals surface area contributed by atoms with Crippen LogP contribution in [0.3, 0.4) is 0 Å². The Morgan fingerprint density at radius 3 is 2.50 bits per heavy atom. The van der Waals surface area contributed by atoms with E-state index in [4.69, 9.17) is 0 Å². The molecular weight excluding hydrogens is 218 g/mol. The molecular formula is C17H25N. The first-order chi connectivity index (χ1) is 8.61. The summed E-state index contributed by atoms with van der Waals surface area (Å²) < 4.78 is 0. The topological polar surface area (TPSA) is 12.0 Å². The second-order valence-corrected chi connectivity index (χ2v) is 5.91. The number of benzene rings is 1. The van der Waals surface area contributed by atoms with E-state index in [1.807, 2.05) is 0 Å². The third-order valence-corrected chi connectivity index (χ3v) is 4.00. The average molecular weight is 243 g/mol. The van der Waals surface area contributed by atoms with Crippen LogP contribution in [0.15, 0.2) is 36.4 Å². The van der Waals surface area contributed by atoms with E-state index in [0.29, 0.717) is 0 Å². The van der Waals surface area contributed by atoms with Crippen molar-refractivity contribution in [2.45, 2.75) is 57.9 Å². The largest absolute Gasteiger partial charge is 0.379 e. The van der Waals surface area contributed by atoms with Crippen molar-refractivity contribution >= 4 is 5.69 Å². The maximum absolute atomic E-state index is 4.12. The van der Waals surface area contributed by atoms with E-state index >= 15 is 0 Å². The van der Waals surface area contributed by atoms with Crippen LogP contribution in [0.2, 0.25) is 0 Å². The molecule has 0 aliphatic heterocycles. The van der Waals surface area contributed by atoms with E-state index in [2.05, 4.69) is 50.0 Å². The lowest BCUT2D eigenvalue weighted by Crippen LogP contribution is -2.40. The van der Waals surface area contributed by atoms with Gasteiger partial charge in [0.1, 0.15) is 0 Å². The van der Waals surface area contributed by atoms with Gasteiger partial charge in [0.2, 0.25) is 0 Å². The molecule has 1 saturated carbocycles. The summed E-state index contributed by atoms with van der Waals surface area (Å²) in [5.41, 5.74) is 4.17. The minimum atomic E-state index is 0.246. The highest BCUT2D eigenvalue weighted by Crippen LogP contribution is 2.36. The number of para-hydroxylation sites is 1. The van der Waals surface area contributed by atoms with Crippen LogP contribution >= 0.6 is 0 Å². The molecule has 1 heteroatoms. The van der Waals surface area contributed by atoms with Gasteiger partial charge in [0, 0.05) is 11.2 Å². The van der Waals surface area contributed by atoms with Gasteiger partial charge < -0.3 is 5.32 Å². The van der Waals surface area contributed by atoms with Crippen LogP contribution in [-0.2, 0) is 0 Å². The first-order valence-electron chi connectivity index (χ1n) is 7.10. The highest BCUT2D eigenvalue weighted by atomic mass is 15.0. The Morgan fingerprint density at radius 1 is 1.22 bits per heavy atom. The number of nitrogens with one attached hydrogen (secondary N) is 1. The van der Waals surface area contributed by atoms with Crippen molar-refractivity contribution < 1.29 is 0 Å². The van der Waals surface area contributed by atoms with E-state index in [1.165, 1.54) is 48.9 Å². The standard InChI is InChI=1S/C17H25N/c1-14(2)13-17(11-7-4-8-12-17)18-16-10-6-5-9-15(16)3/h5-6,9-10,18H,1,4,7-8,11-13H2,2-3H3. The van der Waals surface area contributed by atoms with Crippen LogP contribution in [0.5, 0.6) is 0 Å². The van der Waals surface area contributed by atoms with Gasteiger partial charge in [-0.3, -0.25) is 0 Å². The summed E-state index contributed by atoms with van der Waals surface area (Å²) in [4.78, 5) is 0. The predicted molar refractivity (Wildman–Crippen MR) is 80.0 cm³/mol. The second kappa shape index (κ2) is 5.60. The summed E-state index contributed by atoms with van der Waals surface area (Å²) in [6.07, 6.45) is 7.70. The average Bonchev–Trinajstić information content (AvgIpc) is 2.32. The molecule has 1 N–H and O–H groups in total. The monoisotopic (exact) mass is 243 g/mol. The maximum atomic E-state index is 4.12. The van der Waals surface area contributed by atoms with Gasteiger partial charge in [-0.1, -0.05) is 43.0 Å². The Bertz CT molecular complexity index is 413. The smallest absolute Gasteiger partial charge is 0.0410 e. The fourth-order valence-electron chi connectivity index (χ4n) is 3.15. The van der Waals surface area contributed by atoms with Gasteiger partial charge in [-0.2, -0.15) is 0 Å². The third-order valence-electron chi connectivity index (χ3n) is 4.00. The van der Waals surface area contributed by atoms with Crippen molar-refractivity contribution in [1.82, 2.24) is 0 Å². The van der Waals surface area contributed by atoms with Gasteiger partial charge in [0.05, 0.1) is 0 Å². The van der Waals surface area contributed by atoms with E-state index in [1.54, 1.807) is 0 Å². The summed E-state index contributed by atoms with van der Waals surface area (Å²) in [5.74, 6) is 0. The summed E-state index contributed by atoms with van der Waals surface area (Å²) in [6.45, 7) is 8.45. The molecule has 1 aliphatic carbocycles. The quantitative estimate of drug-likeness (QED) is 0.727. The summed E-state index contributed by atoms with van der Waals surface area (Å²) in [7, 11) is 0. The Morgan fingerprint density at radius 2 is 1.89 bits per heavy atom. The van der Waals surface area contributed by atoms with Crippen LogP contribution in [0.4, 0.5) is 5.69 Å². The van der Waals surface area contributed by atoms with E-state index in [0.717, 1.165) is 6.42 Å². The Kier molecular flexibility index (Phi) is 4.11. The normalized spacial score (nSPS) is 18.3. The SMILES string of the molecule is C=C(C)CC1(Nc2ccccc2C)CCCCC1. The zero-order chi connectivity index (χ0) is 13.0. The lowest BCUT2D eigenvalue weighted by atomic mass is 9.77. The van der Waals surface area contributed by atoms with Crippen molar-refractivity contribution in [3.05, 3.63) is 42.0 Å². The van der Waals surface area contributed by atoms with E-state index in [-0.39, 0.29) is 5.54 Å². The van der Waals surface area contributed by atoms with Crippen molar-refractivity contribution in [1.29, 1.82) is 0 Å². The van der Waals surface area contributed by atoms with E-state index < -0.39 is 0 Å². The first kappa shape index (κ1) is 13.2. The Balaban J connectivity index is 2.19. The molecule has 0 atom stereocenters. The molecule has 0 aromatic heterocycles.